The van der Waals surface area contributed by atoms with Crippen molar-refractivity contribution in [1.82, 2.24) is 9.38 Å². The minimum Gasteiger partial charge on any atom is -0.391 e. The van der Waals surface area contributed by atoms with E-state index in [1.54, 1.807) is 6.21 Å². The second-order valence-corrected chi connectivity index (χ2v) is 6.72. The minimum atomic E-state index is 0.413. The monoisotopic (exact) mass is 375 g/mol. The Bertz CT molecular complexity index is 1100. The molecular formula is C22H18ClN3O. The van der Waals surface area contributed by atoms with Gasteiger partial charge in [0.15, 0.2) is 0 Å². The molecule has 4 aromatic rings. The summed E-state index contributed by atoms with van der Waals surface area (Å²) in [4.78, 5) is 10.2. The van der Waals surface area contributed by atoms with Crippen LogP contribution in [0.1, 0.15) is 16.8 Å². The highest BCUT2D eigenvalue weighted by molar-refractivity contribution is 6.30. The van der Waals surface area contributed by atoms with Gasteiger partial charge in [0, 0.05) is 11.8 Å². The molecule has 27 heavy (non-hydrogen) atoms. The van der Waals surface area contributed by atoms with E-state index in [2.05, 4.69) is 24.2 Å². The van der Waals surface area contributed by atoms with Gasteiger partial charge in [-0.3, -0.25) is 4.40 Å². The summed E-state index contributed by atoms with van der Waals surface area (Å²) in [7, 11) is 0. The van der Waals surface area contributed by atoms with E-state index in [0.717, 1.165) is 28.2 Å². The number of halogens is 1. The lowest BCUT2D eigenvalue weighted by Crippen LogP contribution is -1.95. The zero-order valence-corrected chi connectivity index (χ0v) is 15.6. The standard InChI is InChI=1S/C22H18ClN3O/c1-16-6-5-7-17(12-16)15-27-24-13-20-22(18-8-3-2-4-9-18)25-21-11-10-19(23)14-26(20)21/h2-14H,15H2,1H3/b24-13-. The quantitative estimate of drug-likeness (QED) is 0.340. The predicted octanol–water partition coefficient (Wildman–Crippen LogP) is 5.51. The first-order chi connectivity index (χ1) is 13.2. The van der Waals surface area contributed by atoms with E-state index in [4.69, 9.17) is 21.4 Å². The largest absolute Gasteiger partial charge is 0.391 e. The van der Waals surface area contributed by atoms with Crippen LogP contribution in [0.5, 0.6) is 0 Å². The van der Waals surface area contributed by atoms with Crippen molar-refractivity contribution in [2.45, 2.75) is 13.5 Å². The van der Waals surface area contributed by atoms with Crippen molar-refractivity contribution in [1.29, 1.82) is 0 Å². The molecule has 0 saturated carbocycles. The summed E-state index contributed by atoms with van der Waals surface area (Å²) in [5.74, 6) is 0. The van der Waals surface area contributed by atoms with Gasteiger partial charge in [0.1, 0.15) is 12.3 Å². The normalized spacial score (nSPS) is 11.3. The zero-order valence-electron chi connectivity index (χ0n) is 14.8. The third-order valence-electron chi connectivity index (χ3n) is 4.23. The van der Waals surface area contributed by atoms with Crippen molar-refractivity contribution in [3.05, 3.63) is 94.8 Å². The number of oxime groups is 1. The maximum atomic E-state index is 6.18. The van der Waals surface area contributed by atoms with Crippen LogP contribution in [0.2, 0.25) is 5.02 Å². The Balaban J connectivity index is 1.66. The summed E-state index contributed by atoms with van der Waals surface area (Å²) in [6.45, 7) is 2.47. The van der Waals surface area contributed by atoms with Crippen molar-refractivity contribution in [2.75, 3.05) is 0 Å². The lowest BCUT2D eigenvalue weighted by Gasteiger charge is -2.02. The molecule has 0 radical (unpaired) electrons. The van der Waals surface area contributed by atoms with Gasteiger partial charge >= 0.3 is 0 Å². The molecule has 4 nitrogen and oxygen atoms in total. The van der Waals surface area contributed by atoms with Crippen molar-refractivity contribution < 1.29 is 4.84 Å². The van der Waals surface area contributed by atoms with Crippen LogP contribution in [0.15, 0.2) is 78.1 Å². The van der Waals surface area contributed by atoms with Crippen LogP contribution < -0.4 is 0 Å². The number of nitrogens with zero attached hydrogens (tertiary/aromatic N) is 3. The molecule has 2 aromatic heterocycles. The predicted molar refractivity (Wildman–Crippen MR) is 109 cm³/mol. The minimum absolute atomic E-state index is 0.413. The highest BCUT2D eigenvalue weighted by atomic mass is 35.5. The summed E-state index contributed by atoms with van der Waals surface area (Å²) in [6.07, 6.45) is 3.52. The van der Waals surface area contributed by atoms with Crippen LogP contribution in [-0.4, -0.2) is 15.6 Å². The van der Waals surface area contributed by atoms with Gasteiger partial charge in [-0.25, -0.2) is 4.98 Å². The van der Waals surface area contributed by atoms with Crippen molar-refractivity contribution in [3.63, 3.8) is 0 Å². The molecule has 0 bridgehead atoms. The van der Waals surface area contributed by atoms with Crippen LogP contribution in [0.3, 0.4) is 0 Å². The van der Waals surface area contributed by atoms with Crippen molar-refractivity contribution >= 4 is 23.5 Å². The molecule has 0 amide bonds. The molecule has 0 atom stereocenters. The number of pyridine rings is 1. The number of aromatic nitrogens is 2. The summed E-state index contributed by atoms with van der Waals surface area (Å²) in [5, 5.41) is 4.81. The molecule has 2 heterocycles. The molecule has 0 spiro atoms. The van der Waals surface area contributed by atoms with Gasteiger partial charge in [-0.2, -0.15) is 0 Å². The van der Waals surface area contributed by atoms with E-state index in [1.807, 2.05) is 65.2 Å². The number of rotatable bonds is 5. The second kappa shape index (κ2) is 7.64. The molecule has 4 rings (SSSR count). The smallest absolute Gasteiger partial charge is 0.142 e. The lowest BCUT2D eigenvalue weighted by atomic mass is 10.1. The van der Waals surface area contributed by atoms with E-state index < -0.39 is 0 Å². The fourth-order valence-corrected chi connectivity index (χ4v) is 3.13. The number of imidazole rings is 1. The molecule has 0 aliphatic rings. The van der Waals surface area contributed by atoms with Crippen LogP contribution in [0.25, 0.3) is 16.9 Å². The third kappa shape index (κ3) is 3.86. The zero-order chi connectivity index (χ0) is 18.6. The first kappa shape index (κ1) is 17.3. The Morgan fingerprint density at radius 2 is 1.93 bits per heavy atom. The van der Waals surface area contributed by atoms with Crippen LogP contribution >= 0.6 is 11.6 Å². The number of aryl methyl sites for hydroxylation is 1. The van der Waals surface area contributed by atoms with Crippen molar-refractivity contribution in [2.24, 2.45) is 5.16 Å². The van der Waals surface area contributed by atoms with Gasteiger partial charge in [0.2, 0.25) is 0 Å². The Morgan fingerprint density at radius 1 is 1.07 bits per heavy atom. The van der Waals surface area contributed by atoms with E-state index in [1.165, 1.54) is 5.56 Å². The van der Waals surface area contributed by atoms with E-state index >= 15 is 0 Å². The lowest BCUT2D eigenvalue weighted by molar-refractivity contribution is 0.132. The van der Waals surface area contributed by atoms with Crippen molar-refractivity contribution in [3.8, 4) is 11.3 Å². The van der Waals surface area contributed by atoms with Gasteiger partial charge in [0.25, 0.3) is 0 Å². The third-order valence-corrected chi connectivity index (χ3v) is 4.45. The number of fused-ring (bicyclic) bond motifs is 1. The molecule has 0 aliphatic heterocycles. The molecule has 0 unspecified atom stereocenters. The SMILES string of the molecule is Cc1cccc(CO/N=C\c2c(-c3ccccc3)nc3ccc(Cl)cn23)c1. The molecule has 0 fully saturated rings. The van der Waals surface area contributed by atoms with Crippen LogP contribution in [0.4, 0.5) is 0 Å². The van der Waals surface area contributed by atoms with E-state index in [0.29, 0.717) is 11.6 Å². The molecule has 0 N–H and O–H groups in total. The molecule has 0 saturated heterocycles. The molecular weight excluding hydrogens is 358 g/mol. The van der Waals surface area contributed by atoms with E-state index in [9.17, 15) is 0 Å². The first-order valence-corrected chi connectivity index (χ1v) is 9.02. The van der Waals surface area contributed by atoms with Gasteiger partial charge in [-0.15, -0.1) is 0 Å². The fraction of sp³-hybridized carbons (Fsp3) is 0.0909. The van der Waals surface area contributed by atoms with Gasteiger partial charge < -0.3 is 4.84 Å². The van der Waals surface area contributed by atoms with Gasteiger partial charge in [-0.05, 0) is 24.6 Å². The first-order valence-electron chi connectivity index (χ1n) is 8.64. The Hall–Kier alpha value is -3.11. The highest BCUT2D eigenvalue weighted by Crippen LogP contribution is 2.24. The molecule has 0 aliphatic carbocycles. The maximum absolute atomic E-state index is 6.18. The average molecular weight is 376 g/mol. The Morgan fingerprint density at radius 3 is 2.74 bits per heavy atom. The fourth-order valence-electron chi connectivity index (χ4n) is 2.97. The summed E-state index contributed by atoms with van der Waals surface area (Å²) < 4.78 is 1.92. The number of hydrogen-bond donors (Lipinski definition) is 0. The Labute approximate surface area is 162 Å². The molecule has 5 heteroatoms. The van der Waals surface area contributed by atoms with Gasteiger partial charge in [0.05, 0.1) is 22.6 Å². The maximum Gasteiger partial charge on any atom is 0.142 e. The molecule has 134 valence electrons. The molecule has 2 aromatic carbocycles. The summed E-state index contributed by atoms with van der Waals surface area (Å²) in [5.41, 5.74) is 5.75. The van der Waals surface area contributed by atoms with Crippen LogP contribution in [-0.2, 0) is 11.4 Å². The van der Waals surface area contributed by atoms with Crippen LogP contribution in [0, 0.1) is 6.92 Å². The van der Waals surface area contributed by atoms with E-state index in [-0.39, 0.29) is 0 Å². The highest BCUT2D eigenvalue weighted by Gasteiger charge is 2.12. The Kier molecular flexibility index (Phi) is 4.90. The van der Waals surface area contributed by atoms with Gasteiger partial charge in [-0.1, -0.05) is 76.9 Å². The number of benzene rings is 2. The average Bonchev–Trinajstić information content (AvgIpc) is 3.04. The second-order valence-electron chi connectivity index (χ2n) is 6.28. The number of hydrogen-bond acceptors (Lipinski definition) is 3. The topological polar surface area (TPSA) is 38.9 Å². The summed E-state index contributed by atoms with van der Waals surface area (Å²) >= 11 is 6.18. The summed E-state index contributed by atoms with van der Waals surface area (Å²) in [6, 6.07) is 21.9.